The van der Waals surface area contributed by atoms with E-state index in [-0.39, 0.29) is 11.4 Å². The van der Waals surface area contributed by atoms with E-state index in [0.29, 0.717) is 16.3 Å². The second-order valence-electron chi connectivity index (χ2n) is 6.39. The third-order valence-electron chi connectivity index (χ3n) is 4.46. The summed E-state index contributed by atoms with van der Waals surface area (Å²) in [5.41, 5.74) is 2.07. The molecule has 26 heavy (non-hydrogen) atoms. The fourth-order valence-corrected chi connectivity index (χ4v) is 4.30. The van der Waals surface area contributed by atoms with Crippen LogP contribution in [-0.4, -0.2) is 23.8 Å². The topological polar surface area (TPSA) is 50.7 Å². The number of aliphatic imine (C=N–C) groups is 1. The molecular formula is C20H21ClN2O2S. The van der Waals surface area contributed by atoms with Crippen molar-refractivity contribution in [2.75, 3.05) is 18.2 Å². The number of carbonyl (C=O) groups excluding carboxylic acids is 1. The van der Waals surface area contributed by atoms with Crippen molar-refractivity contribution >= 4 is 40.0 Å². The highest BCUT2D eigenvalue weighted by Gasteiger charge is 2.29. The second-order valence-corrected chi connectivity index (χ2v) is 8.08. The molecule has 0 spiro atoms. The van der Waals surface area contributed by atoms with Crippen LogP contribution in [0.1, 0.15) is 36.2 Å². The molecule has 0 fully saturated rings. The summed E-state index contributed by atoms with van der Waals surface area (Å²) in [5, 5.41) is 4.45. The first-order valence-corrected chi connectivity index (χ1v) is 9.72. The highest BCUT2D eigenvalue weighted by molar-refractivity contribution is 8.13. The van der Waals surface area contributed by atoms with Gasteiger partial charge in [-0.05, 0) is 56.2 Å². The summed E-state index contributed by atoms with van der Waals surface area (Å²) in [6.07, 6.45) is 0.973. The molecule has 1 aliphatic rings. The van der Waals surface area contributed by atoms with Crippen LogP contribution in [0, 0.1) is 0 Å². The lowest BCUT2D eigenvalue weighted by Gasteiger charge is -2.30. The average molecular weight is 389 g/mol. The highest BCUT2D eigenvalue weighted by Crippen LogP contribution is 2.36. The number of carbonyl (C=O) groups is 1. The van der Waals surface area contributed by atoms with Crippen LogP contribution >= 0.6 is 23.4 Å². The number of hydrogen-bond donors (Lipinski definition) is 1. The SMILES string of the molecule is COc1ccc(C(=O)Nc2cccc(C3(C)CCSC(C)=N3)c2)cc1Cl. The van der Waals surface area contributed by atoms with Gasteiger partial charge in [0.15, 0.2) is 0 Å². The summed E-state index contributed by atoms with van der Waals surface area (Å²) in [6, 6.07) is 12.9. The molecule has 2 aromatic carbocycles. The Kier molecular flexibility index (Phi) is 5.58. The standard InChI is InChI=1S/C20H21ClN2O2S/c1-13-23-20(2,9-10-26-13)15-5-4-6-16(12-15)22-19(24)14-7-8-18(25-3)17(21)11-14/h4-8,11-12H,9-10H2,1-3H3,(H,22,24). The first-order chi connectivity index (χ1) is 12.4. The molecule has 136 valence electrons. The van der Waals surface area contributed by atoms with E-state index in [0.717, 1.165) is 28.5 Å². The Morgan fingerprint density at radius 1 is 1.31 bits per heavy atom. The minimum Gasteiger partial charge on any atom is -0.495 e. The lowest BCUT2D eigenvalue weighted by atomic mass is 9.89. The Balaban J connectivity index is 1.82. The number of halogens is 1. The van der Waals surface area contributed by atoms with E-state index in [2.05, 4.69) is 18.3 Å². The fourth-order valence-electron chi connectivity index (χ4n) is 2.98. The van der Waals surface area contributed by atoms with Gasteiger partial charge in [-0.25, -0.2) is 0 Å². The van der Waals surface area contributed by atoms with E-state index in [1.165, 1.54) is 0 Å². The van der Waals surface area contributed by atoms with Gasteiger partial charge < -0.3 is 10.1 Å². The van der Waals surface area contributed by atoms with Crippen LogP contribution in [-0.2, 0) is 5.54 Å². The van der Waals surface area contributed by atoms with Crippen molar-refractivity contribution in [2.24, 2.45) is 4.99 Å². The summed E-state index contributed by atoms with van der Waals surface area (Å²) >= 11 is 7.90. The van der Waals surface area contributed by atoms with E-state index >= 15 is 0 Å². The van der Waals surface area contributed by atoms with Crippen LogP contribution in [0.2, 0.25) is 5.02 Å². The Morgan fingerprint density at radius 3 is 2.81 bits per heavy atom. The quantitative estimate of drug-likeness (QED) is 0.765. The van der Waals surface area contributed by atoms with Crippen LogP contribution in [0.4, 0.5) is 5.69 Å². The molecule has 6 heteroatoms. The zero-order chi connectivity index (χ0) is 18.7. The number of benzene rings is 2. The fraction of sp³-hybridized carbons (Fsp3) is 0.300. The van der Waals surface area contributed by atoms with Gasteiger partial charge in [0.2, 0.25) is 0 Å². The monoisotopic (exact) mass is 388 g/mol. The zero-order valence-corrected chi connectivity index (χ0v) is 16.6. The number of hydrogen-bond acceptors (Lipinski definition) is 4. The van der Waals surface area contributed by atoms with Crippen molar-refractivity contribution in [1.82, 2.24) is 0 Å². The number of anilines is 1. The lowest BCUT2D eigenvalue weighted by molar-refractivity contribution is 0.102. The second kappa shape index (κ2) is 7.72. The zero-order valence-electron chi connectivity index (χ0n) is 15.0. The van der Waals surface area contributed by atoms with Gasteiger partial charge in [0.25, 0.3) is 5.91 Å². The van der Waals surface area contributed by atoms with Gasteiger partial charge in [0, 0.05) is 17.0 Å². The summed E-state index contributed by atoms with van der Waals surface area (Å²) in [6.45, 7) is 4.18. The molecule has 1 unspecified atom stereocenters. The van der Waals surface area contributed by atoms with E-state index in [1.807, 2.05) is 25.1 Å². The van der Waals surface area contributed by atoms with Crippen molar-refractivity contribution < 1.29 is 9.53 Å². The van der Waals surface area contributed by atoms with E-state index in [9.17, 15) is 4.79 Å². The summed E-state index contributed by atoms with van der Waals surface area (Å²) < 4.78 is 5.12. The highest BCUT2D eigenvalue weighted by atomic mass is 35.5. The smallest absolute Gasteiger partial charge is 0.255 e. The molecule has 4 nitrogen and oxygen atoms in total. The minimum absolute atomic E-state index is 0.212. The number of ether oxygens (including phenoxy) is 1. The molecule has 1 aliphatic heterocycles. The molecule has 1 N–H and O–H groups in total. The van der Waals surface area contributed by atoms with Gasteiger partial charge in [-0.3, -0.25) is 9.79 Å². The molecule has 1 atom stereocenters. The molecule has 1 amide bonds. The third kappa shape index (κ3) is 4.05. The van der Waals surface area contributed by atoms with E-state index in [4.69, 9.17) is 21.3 Å². The van der Waals surface area contributed by atoms with Crippen molar-refractivity contribution in [3.05, 3.63) is 58.6 Å². The largest absolute Gasteiger partial charge is 0.495 e. The average Bonchev–Trinajstić information content (AvgIpc) is 2.61. The van der Waals surface area contributed by atoms with Gasteiger partial charge in [0.05, 0.1) is 22.7 Å². The predicted octanol–water partition coefficient (Wildman–Crippen LogP) is 5.37. The number of amides is 1. The minimum atomic E-state index is -0.251. The van der Waals surface area contributed by atoms with Gasteiger partial charge >= 0.3 is 0 Å². The predicted molar refractivity (Wildman–Crippen MR) is 110 cm³/mol. The Morgan fingerprint density at radius 2 is 2.12 bits per heavy atom. The van der Waals surface area contributed by atoms with Crippen molar-refractivity contribution in [3.8, 4) is 5.75 Å². The first-order valence-electron chi connectivity index (χ1n) is 8.36. The summed E-state index contributed by atoms with van der Waals surface area (Å²) in [5.74, 6) is 1.38. The molecular weight excluding hydrogens is 368 g/mol. The maximum atomic E-state index is 12.5. The maximum Gasteiger partial charge on any atom is 0.255 e. The van der Waals surface area contributed by atoms with Crippen LogP contribution in [0.3, 0.4) is 0 Å². The van der Waals surface area contributed by atoms with Crippen LogP contribution in [0.25, 0.3) is 0 Å². The lowest BCUT2D eigenvalue weighted by Crippen LogP contribution is -2.25. The normalized spacial score (nSPS) is 19.6. The number of methoxy groups -OCH3 is 1. The number of rotatable bonds is 4. The molecule has 0 saturated carbocycles. The van der Waals surface area contributed by atoms with Crippen molar-refractivity contribution in [2.45, 2.75) is 25.8 Å². The van der Waals surface area contributed by atoms with E-state index in [1.54, 1.807) is 37.1 Å². The third-order valence-corrected chi connectivity index (χ3v) is 5.67. The van der Waals surface area contributed by atoms with Gasteiger partial charge in [0.1, 0.15) is 5.75 Å². The maximum absolute atomic E-state index is 12.5. The molecule has 0 saturated heterocycles. The van der Waals surface area contributed by atoms with Crippen LogP contribution < -0.4 is 10.1 Å². The van der Waals surface area contributed by atoms with Crippen LogP contribution in [0.5, 0.6) is 5.75 Å². The first kappa shape index (κ1) is 18.8. The molecule has 0 bridgehead atoms. The summed E-state index contributed by atoms with van der Waals surface area (Å²) in [7, 11) is 1.54. The number of thioether (sulfide) groups is 1. The van der Waals surface area contributed by atoms with Gasteiger partial charge in [-0.15, -0.1) is 11.8 Å². The van der Waals surface area contributed by atoms with Crippen LogP contribution in [0.15, 0.2) is 47.5 Å². The number of nitrogens with one attached hydrogen (secondary N) is 1. The van der Waals surface area contributed by atoms with Crippen molar-refractivity contribution in [3.63, 3.8) is 0 Å². The molecule has 3 rings (SSSR count). The van der Waals surface area contributed by atoms with Gasteiger partial charge in [-0.1, -0.05) is 23.7 Å². The Hall–Kier alpha value is -1.98. The Bertz CT molecular complexity index is 869. The molecule has 0 aromatic heterocycles. The molecule has 1 heterocycles. The Labute approximate surface area is 163 Å². The van der Waals surface area contributed by atoms with Crippen molar-refractivity contribution in [1.29, 1.82) is 0 Å². The van der Waals surface area contributed by atoms with Gasteiger partial charge in [-0.2, -0.15) is 0 Å². The van der Waals surface area contributed by atoms with E-state index < -0.39 is 0 Å². The molecule has 2 aromatic rings. The molecule has 0 radical (unpaired) electrons. The number of nitrogens with zero attached hydrogens (tertiary/aromatic N) is 1. The summed E-state index contributed by atoms with van der Waals surface area (Å²) in [4.78, 5) is 17.4. The molecule has 0 aliphatic carbocycles.